The van der Waals surface area contributed by atoms with Crippen LogP contribution in [0.2, 0.25) is 0 Å². The van der Waals surface area contributed by atoms with E-state index < -0.39 is 15.8 Å². The second-order valence-corrected chi connectivity index (χ2v) is 7.85. The molecule has 2 rings (SSSR count). The van der Waals surface area contributed by atoms with Crippen molar-refractivity contribution >= 4 is 27.2 Å². The van der Waals surface area contributed by atoms with Crippen molar-refractivity contribution in [2.24, 2.45) is 17.6 Å². The summed E-state index contributed by atoms with van der Waals surface area (Å²) < 4.78 is 40.6. The number of nitrogens with one attached hydrogen (secondary N) is 1. The van der Waals surface area contributed by atoms with Gasteiger partial charge in [0, 0.05) is 12.1 Å². The Labute approximate surface area is 130 Å². The molecule has 4 nitrogen and oxygen atoms in total. The van der Waals surface area contributed by atoms with E-state index >= 15 is 0 Å². The molecule has 0 heterocycles. The quantitative estimate of drug-likeness (QED) is 0.812. The van der Waals surface area contributed by atoms with Crippen LogP contribution < -0.4 is 10.5 Å². The van der Waals surface area contributed by atoms with Crippen LogP contribution in [-0.2, 0) is 10.0 Å². The Morgan fingerprint density at radius 2 is 2.19 bits per heavy atom. The zero-order chi connectivity index (χ0) is 15.6. The van der Waals surface area contributed by atoms with Crippen LogP contribution in [0.3, 0.4) is 0 Å². The number of thiocarbonyl (C=S) groups is 1. The van der Waals surface area contributed by atoms with E-state index in [9.17, 15) is 12.8 Å². The maximum atomic E-state index is 13.5. The van der Waals surface area contributed by atoms with Crippen LogP contribution in [0.15, 0.2) is 23.1 Å². The predicted molar refractivity (Wildman–Crippen MR) is 84.0 cm³/mol. The third-order valence-electron chi connectivity index (χ3n) is 3.88. The van der Waals surface area contributed by atoms with E-state index in [1.807, 2.05) is 0 Å². The van der Waals surface area contributed by atoms with Crippen molar-refractivity contribution in [1.82, 2.24) is 4.72 Å². The highest BCUT2D eigenvalue weighted by Crippen LogP contribution is 2.30. The van der Waals surface area contributed by atoms with Gasteiger partial charge in [-0.2, -0.15) is 0 Å². The number of rotatable bonds is 5. The van der Waals surface area contributed by atoms with Crippen LogP contribution in [0.4, 0.5) is 4.39 Å². The van der Waals surface area contributed by atoms with E-state index in [2.05, 4.69) is 11.6 Å². The lowest BCUT2D eigenvalue weighted by Gasteiger charge is -2.12. The average Bonchev–Trinajstić information content (AvgIpc) is 2.82. The van der Waals surface area contributed by atoms with Crippen LogP contribution in [0.1, 0.15) is 31.7 Å². The lowest BCUT2D eigenvalue weighted by atomic mass is 10.1. The van der Waals surface area contributed by atoms with Gasteiger partial charge in [-0.3, -0.25) is 0 Å². The van der Waals surface area contributed by atoms with Gasteiger partial charge in [0.05, 0.1) is 4.90 Å². The molecule has 0 aromatic heterocycles. The van der Waals surface area contributed by atoms with Crippen molar-refractivity contribution in [2.75, 3.05) is 6.54 Å². The van der Waals surface area contributed by atoms with E-state index in [0.717, 1.165) is 25.3 Å². The highest BCUT2D eigenvalue weighted by atomic mass is 32.2. The number of halogens is 1. The van der Waals surface area contributed by atoms with Crippen molar-refractivity contribution in [3.8, 4) is 0 Å². The molecule has 7 heteroatoms. The molecule has 1 aromatic rings. The largest absolute Gasteiger partial charge is 0.389 e. The van der Waals surface area contributed by atoms with Gasteiger partial charge in [0.2, 0.25) is 10.0 Å². The lowest BCUT2D eigenvalue weighted by molar-refractivity contribution is 0.498. The lowest BCUT2D eigenvalue weighted by Crippen LogP contribution is -2.29. The Morgan fingerprint density at radius 1 is 1.48 bits per heavy atom. The summed E-state index contributed by atoms with van der Waals surface area (Å²) in [6.07, 6.45) is 3.20. The SMILES string of the molecule is CC1CCC(CNS(=O)(=O)c2ccc(F)c(C(N)=S)c2)C1. The topological polar surface area (TPSA) is 72.2 Å². The summed E-state index contributed by atoms with van der Waals surface area (Å²) in [5.74, 6) is 0.392. The molecule has 0 aliphatic heterocycles. The second kappa shape index (κ2) is 6.37. The van der Waals surface area contributed by atoms with Gasteiger partial charge < -0.3 is 5.73 Å². The molecular formula is C14H19FN2O2S2. The molecule has 0 bridgehead atoms. The Morgan fingerprint density at radius 3 is 2.76 bits per heavy atom. The van der Waals surface area contributed by atoms with E-state index in [4.69, 9.17) is 18.0 Å². The number of hydrogen-bond acceptors (Lipinski definition) is 3. The van der Waals surface area contributed by atoms with Crippen molar-refractivity contribution in [1.29, 1.82) is 0 Å². The smallest absolute Gasteiger partial charge is 0.240 e. The van der Waals surface area contributed by atoms with E-state index in [1.54, 1.807) is 0 Å². The highest BCUT2D eigenvalue weighted by Gasteiger charge is 2.24. The zero-order valence-electron chi connectivity index (χ0n) is 11.8. The molecule has 21 heavy (non-hydrogen) atoms. The summed E-state index contributed by atoms with van der Waals surface area (Å²) in [5.41, 5.74) is 5.34. The standard InChI is InChI=1S/C14H19FN2O2S2/c1-9-2-3-10(6-9)8-17-21(18,19)11-4-5-13(15)12(7-11)14(16)20/h4-5,7,9-10,17H,2-3,6,8H2,1H3,(H2,16,20). The number of hydrogen-bond donors (Lipinski definition) is 2. The van der Waals surface area contributed by atoms with Crippen LogP contribution in [-0.4, -0.2) is 20.0 Å². The molecule has 2 atom stereocenters. The van der Waals surface area contributed by atoms with Crippen LogP contribution >= 0.6 is 12.2 Å². The van der Waals surface area contributed by atoms with Gasteiger partial charge in [0.1, 0.15) is 10.8 Å². The molecular weight excluding hydrogens is 311 g/mol. The molecule has 0 spiro atoms. The molecule has 2 unspecified atom stereocenters. The third-order valence-corrected chi connectivity index (χ3v) is 5.52. The number of benzene rings is 1. The van der Waals surface area contributed by atoms with E-state index in [1.165, 1.54) is 12.1 Å². The fraction of sp³-hybridized carbons (Fsp3) is 0.500. The van der Waals surface area contributed by atoms with Gasteiger partial charge in [0.15, 0.2) is 0 Å². The first-order valence-corrected chi connectivity index (χ1v) is 8.77. The first-order chi connectivity index (χ1) is 9.79. The van der Waals surface area contributed by atoms with Crippen LogP contribution in [0, 0.1) is 17.7 Å². The molecule has 1 aliphatic carbocycles. The number of nitrogens with two attached hydrogens (primary N) is 1. The summed E-state index contributed by atoms with van der Waals surface area (Å²) in [6, 6.07) is 3.47. The Hall–Kier alpha value is -1.05. The summed E-state index contributed by atoms with van der Waals surface area (Å²) >= 11 is 4.72. The molecule has 0 saturated heterocycles. The minimum atomic E-state index is -3.67. The molecule has 1 aromatic carbocycles. The fourth-order valence-electron chi connectivity index (χ4n) is 2.68. The van der Waals surface area contributed by atoms with Gasteiger partial charge in [-0.05, 0) is 42.9 Å². The maximum absolute atomic E-state index is 13.5. The fourth-order valence-corrected chi connectivity index (χ4v) is 3.98. The van der Waals surface area contributed by atoms with Gasteiger partial charge in [-0.1, -0.05) is 25.6 Å². The van der Waals surface area contributed by atoms with Gasteiger partial charge in [-0.15, -0.1) is 0 Å². The monoisotopic (exact) mass is 330 g/mol. The third kappa shape index (κ3) is 3.99. The first-order valence-electron chi connectivity index (χ1n) is 6.88. The molecule has 0 radical (unpaired) electrons. The van der Waals surface area contributed by atoms with Gasteiger partial charge in [0.25, 0.3) is 0 Å². The van der Waals surface area contributed by atoms with Gasteiger partial charge >= 0.3 is 0 Å². The maximum Gasteiger partial charge on any atom is 0.240 e. The first kappa shape index (κ1) is 16.3. The molecule has 1 saturated carbocycles. The minimum Gasteiger partial charge on any atom is -0.389 e. The average molecular weight is 330 g/mol. The molecule has 116 valence electrons. The van der Waals surface area contributed by atoms with Gasteiger partial charge in [-0.25, -0.2) is 17.5 Å². The Bertz CT molecular complexity index is 646. The molecule has 3 N–H and O–H groups in total. The molecule has 1 fully saturated rings. The predicted octanol–water partition coefficient (Wildman–Crippen LogP) is 2.17. The Kier molecular flexibility index (Phi) is 4.95. The summed E-state index contributed by atoms with van der Waals surface area (Å²) in [7, 11) is -3.67. The second-order valence-electron chi connectivity index (χ2n) is 5.64. The van der Waals surface area contributed by atoms with Crippen LogP contribution in [0.25, 0.3) is 0 Å². The van der Waals surface area contributed by atoms with Crippen LogP contribution in [0.5, 0.6) is 0 Å². The minimum absolute atomic E-state index is 0.0160. The summed E-state index contributed by atoms with van der Waals surface area (Å²) in [4.78, 5) is -0.174. The Balaban J connectivity index is 2.12. The van der Waals surface area contributed by atoms with Crippen molar-refractivity contribution in [2.45, 2.75) is 31.1 Å². The van der Waals surface area contributed by atoms with Crippen molar-refractivity contribution < 1.29 is 12.8 Å². The summed E-state index contributed by atoms with van der Waals surface area (Å²) in [6.45, 7) is 2.58. The normalized spacial score (nSPS) is 22.4. The van der Waals surface area contributed by atoms with Crippen molar-refractivity contribution in [3.05, 3.63) is 29.6 Å². The molecule has 0 amide bonds. The van der Waals surface area contributed by atoms with E-state index in [0.29, 0.717) is 18.4 Å². The van der Waals surface area contributed by atoms with E-state index in [-0.39, 0.29) is 15.4 Å². The molecule has 1 aliphatic rings. The van der Waals surface area contributed by atoms with Crippen molar-refractivity contribution in [3.63, 3.8) is 0 Å². The number of sulfonamides is 1. The summed E-state index contributed by atoms with van der Waals surface area (Å²) in [5, 5.41) is 0. The highest BCUT2D eigenvalue weighted by molar-refractivity contribution is 7.89. The zero-order valence-corrected chi connectivity index (χ0v) is 13.4.